The number of ether oxygens (including phenoxy) is 2. The van der Waals surface area contributed by atoms with Gasteiger partial charge in [-0.1, -0.05) is 0 Å². The first-order valence-corrected chi connectivity index (χ1v) is 7.39. The summed E-state index contributed by atoms with van der Waals surface area (Å²) < 4.78 is 10.6. The van der Waals surface area contributed by atoms with Crippen LogP contribution >= 0.6 is 0 Å². The zero-order valence-corrected chi connectivity index (χ0v) is 12.8. The zero-order valence-electron chi connectivity index (χ0n) is 12.8. The lowest BCUT2D eigenvalue weighted by atomic mass is 10.2. The molecule has 0 spiro atoms. The third-order valence-electron chi connectivity index (χ3n) is 3.94. The highest BCUT2D eigenvalue weighted by Gasteiger charge is 2.17. The summed E-state index contributed by atoms with van der Waals surface area (Å²) in [5.41, 5.74) is 1.19. The highest BCUT2D eigenvalue weighted by molar-refractivity contribution is 5.38. The number of likely N-dealkylation sites (tertiary alicyclic amines) is 1. The predicted molar refractivity (Wildman–Crippen MR) is 81.5 cm³/mol. The van der Waals surface area contributed by atoms with Gasteiger partial charge in [-0.2, -0.15) is 0 Å². The maximum atomic E-state index is 5.29. The molecular weight excluding hydrogens is 252 g/mol. The second-order valence-electron chi connectivity index (χ2n) is 5.44. The van der Waals surface area contributed by atoms with E-state index in [4.69, 9.17) is 9.47 Å². The molecule has 1 atom stereocenters. The Hall–Kier alpha value is -1.26. The van der Waals surface area contributed by atoms with Gasteiger partial charge < -0.3 is 14.8 Å². The number of rotatable bonds is 7. The molecule has 1 aliphatic rings. The number of hydrogen-bond acceptors (Lipinski definition) is 4. The standard InChI is InChI=1S/C16H26N2O2/c1-13(18-6-4-5-7-18)11-17-12-14-8-15(19-2)10-16(9-14)20-3/h8-10,13,17H,4-7,11-12H2,1-3H3. The molecule has 0 amide bonds. The lowest BCUT2D eigenvalue weighted by Gasteiger charge is -2.24. The van der Waals surface area contributed by atoms with Crippen LogP contribution in [-0.2, 0) is 6.54 Å². The quantitative estimate of drug-likeness (QED) is 0.829. The monoisotopic (exact) mass is 278 g/mol. The molecule has 0 aliphatic carbocycles. The summed E-state index contributed by atoms with van der Waals surface area (Å²) in [6.07, 6.45) is 2.69. The van der Waals surface area contributed by atoms with Crippen molar-refractivity contribution in [3.8, 4) is 11.5 Å². The van der Waals surface area contributed by atoms with Gasteiger partial charge in [0, 0.05) is 25.2 Å². The first kappa shape index (κ1) is 15.1. The van der Waals surface area contributed by atoms with E-state index < -0.39 is 0 Å². The van der Waals surface area contributed by atoms with Gasteiger partial charge in [-0.15, -0.1) is 0 Å². The van der Waals surface area contributed by atoms with Crippen LogP contribution in [-0.4, -0.2) is 44.8 Å². The van der Waals surface area contributed by atoms with Crippen molar-refractivity contribution in [2.45, 2.75) is 32.4 Å². The average molecular weight is 278 g/mol. The Bertz CT molecular complexity index is 395. The van der Waals surface area contributed by atoms with E-state index in [1.54, 1.807) is 14.2 Å². The van der Waals surface area contributed by atoms with Gasteiger partial charge in [-0.3, -0.25) is 4.90 Å². The second-order valence-corrected chi connectivity index (χ2v) is 5.44. The van der Waals surface area contributed by atoms with Gasteiger partial charge >= 0.3 is 0 Å². The van der Waals surface area contributed by atoms with Crippen LogP contribution in [0.4, 0.5) is 0 Å². The van der Waals surface area contributed by atoms with Crippen LogP contribution < -0.4 is 14.8 Å². The van der Waals surface area contributed by atoms with Crippen molar-refractivity contribution in [3.63, 3.8) is 0 Å². The highest BCUT2D eigenvalue weighted by atomic mass is 16.5. The molecule has 0 aromatic heterocycles. The first-order valence-electron chi connectivity index (χ1n) is 7.39. The topological polar surface area (TPSA) is 33.7 Å². The van der Waals surface area contributed by atoms with Gasteiger partial charge in [0.25, 0.3) is 0 Å². The maximum Gasteiger partial charge on any atom is 0.122 e. The molecule has 1 aromatic rings. The lowest BCUT2D eigenvalue weighted by molar-refractivity contribution is 0.251. The SMILES string of the molecule is COc1cc(CNCC(C)N2CCCC2)cc(OC)c1. The summed E-state index contributed by atoms with van der Waals surface area (Å²) in [5, 5.41) is 3.53. The second kappa shape index (κ2) is 7.50. The molecule has 0 saturated carbocycles. The van der Waals surface area contributed by atoms with Crippen molar-refractivity contribution in [1.29, 1.82) is 0 Å². The number of methoxy groups -OCH3 is 2. The van der Waals surface area contributed by atoms with Crippen molar-refractivity contribution < 1.29 is 9.47 Å². The molecule has 1 unspecified atom stereocenters. The molecule has 1 heterocycles. The van der Waals surface area contributed by atoms with Crippen molar-refractivity contribution in [1.82, 2.24) is 10.2 Å². The van der Waals surface area contributed by atoms with Crippen LogP contribution in [0.3, 0.4) is 0 Å². The summed E-state index contributed by atoms with van der Waals surface area (Å²) in [4.78, 5) is 2.55. The van der Waals surface area contributed by atoms with Crippen LogP contribution in [0.2, 0.25) is 0 Å². The number of benzene rings is 1. The lowest BCUT2D eigenvalue weighted by Crippen LogP contribution is -2.38. The third-order valence-corrected chi connectivity index (χ3v) is 3.94. The molecule has 20 heavy (non-hydrogen) atoms. The summed E-state index contributed by atoms with van der Waals surface area (Å²) in [6.45, 7) is 6.64. The van der Waals surface area contributed by atoms with Crippen LogP contribution in [0.25, 0.3) is 0 Å². The molecule has 1 aromatic carbocycles. The van der Waals surface area contributed by atoms with Gasteiger partial charge in [0.1, 0.15) is 11.5 Å². The zero-order chi connectivity index (χ0) is 14.4. The Balaban J connectivity index is 1.83. The van der Waals surface area contributed by atoms with E-state index in [0.717, 1.165) is 24.6 Å². The van der Waals surface area contributed by atoms with Crippen molar-refractivity contribution in [3.05, 3.63) is 23.8 Å². The van der Waals surface area contributed by atoms with Crippen LogP contribution in [0.15, 0.2) is 18.2 Å². The Morgan fingerprint density at radius 1 is 1.10 bits per heavy atom. The Morgan fingerprint density at radius 3 is 2.25 bits per heavy atom. The Labute approximate surface area is 122 Å². The molecule has 1 aliphatic heterocycles. The van der Waals surface area contributed by atoms with Crippen LogP contribution in [0.5, 0.6) is 11.5 Å². The van der Waals surface area contributed by atoms with Crippen molar-refractivity contribution in [2.75, 3.05) is 33.9 Å². The Kier molecular flexibility index (Phi) is 5.68. The largest absolute Gasteiger partial charge is 0.497 e. The number of nitrogens with one attached hydrogen (secondary N) is 1. The van der Waals surface area contributed by atoms with Crippen molar-refractivity contribution >= 4 is 0 Å². The van der Waals surface area contributed by atoms with Gasteiger partial charge in [-0.05, 0) is 50.6 Å². The van der Waals surface area contributed by atoms with E-state index in [1.165, 1.54) is 31.5 Å². The highest BCUT2D eigenvalue weighted by Crippen LogP contribution is 2.22. The minimum absolute atomic E-state index is 0.602. The van der Waals surface area contributed by atoms with Crippen LogP contribution in [0, 0.1) is 0 Å². The first-order chi connectivity index (χ1) is 9.72. The molecule has 2 rings (SSSR count). The smallest absolute Gasteiger partial charge is 0.122 e. The van der Waals surface area contributed by atoms with Crippen molar-refractivity contribution in [2.24, 2.45) is 0 Å². The van der Waals surface area contributed by atoms with E-state index >= 15 is 0 Å². The Morgan fingerprint density at radius 2 is 1.70 bits per heavy atom. The molecule has 1 N–H and O–H groups in total. The molecular formula is C16H26N2O2. The fraction of sp³-hybridized carbons (Fsp3) is 0.625. The van der Waals surface area contributed by atoms with Gasteiger partial charge in [0.05, 0.1) is 14.2 Å². The van der Waals surface area contributed by atoms with Gasteiger partial charge in [0.2, 0.25) is 0 Å². The average Bonchev–Trinajstić information content (AvgIpc) is 3.01. The summed E-state index contributed by atoms with van der Waals surface area (Å²) in [6, 6.07) is 6.60. The van der Waals surface area contributed by atoms with Gasteiger partial charge in [0.15, 0.2) is 0 Å². The maximum absolute atomic E-state index is 5.29. The molecule has 1 fully saturated rings. The molecule has 0 radical (unpaired) electrons. The summed E-state index contributed by atoms with van der Waals surface area (Å²) in [5.74, 6) is 1.68. The normalized spacial score (nSPS) is 17.1. The van der Waals surface area contributed by atoms with Gasteiger partial charge in [-0.25, -0.2) is 0 Å². The van der Waals surface area contributed by atoms with Crippen LogP contribution in [0.1, 0.15) is 25.3 Å². The van der Waals surface area contributed by atoms with E-state index in [2.05, 4.69) is 29.3 Å². The molecule has 0 bridgehead atoms. The fourth-order valence-electron chi connectivity index (χ4n) is 2.71. The third kappa shape index (κ3) is 4.12. The minimum Gasteiger partial charge on any atom is -0.497 e. The van der Waals surface area contributed by atoms with E-state index in [-0.39, 0.29) is 0 Å². The summed E-state index contributed by atoms with van der Waals surface area (Å²) in [7, 11) is 3.36. The number of hydrogen-bond donors (Lipinski definition) is 1. The minimum atomic E-state index is 0.602. The molecule has 4 heteroatoms. The van der Waals surface area contributed by atoms with E-state index in [1.807, 2.05) is 6.07 Å². The van der Waals surface area contributed by atoms with E-state index in [0.29, 0.717) is 6.04 Å². The van der Waals surface area contributed by atoms with E-state index in [9.17, 15) is 0 Å². The molecule has 112 valence electrons. The fourth-order valence-corrected chi connectivity index (χ4v) is 2.71. The molecule has 4 nitrogen and oxygen atoms in total. The number of nitrogens with zero attached hydrogens (tertiary/aromatic N) is 1. The predicted octanol–water partition coefficient (Wildman–Crippen LogP) is 2.28. The molecule has 1 saturated heterocycles. The summed E-state index contributed by atoms with van der Waals surface area (Å²) >= 11 is 0.